The van der Waals surface area contributed by atoms with Gasteiger partial charge in [0.25, 0.3) is 0 Å². The van der Waals surface area contributed by atoms with E-state index in [1.165, 1.54) is 0 Å². The smallest absolute Gasteiger partial charge is 0.320 e. The molecule has 0 spiro atoms. The fourth-order valence-corrected chi connectivity index (χ4v) is 3.03. The van der Waals surface area contributed by atoms with Crippen molar-refractivity contribution in [2.45, 2.75) is 18.9 Å². The second-order valence-corrected chi connectivity index (χ2v) is 6.08. The molecule has 0 atom stereocenters. The van der Waals surface area contributed by atoms with Crippen molar-refractivity contribution >= 4 is 17.6 Å². The molecule has 0 saturated carbocycles. The first kappa shape index (κ1) is 15.4. The lowest BCUT2D eigenvalue weighted by Gasteiger charge is -2.37. The molecule has 1 aromatic carbocycles. The zero-order chi connectivity index (χ0) is 15.4. The fourth-order valence-electron chi connectivity index (χ4n) is 2.85. The van der Waals surface area contributed by atoms with Crippen LogP contribution < -0.4 is 4.74 Å². The Balaban J connectivity index is 1.48. The number of carbonyl (C=O) groups is 1. The summed E-state index contributed by atoms with van der Waals surface area (Å²) in [5.74, 6) is 0.797. The third-order valence-corrected chi connectivity index (χ3v) is 4.33. The molecule has 2 aliphatic heterocycles. The molecule has 2 fully saturated rings. The zero-order valence-corrected chi connectivity index (χ0v) is 13.3. The van der Waals surface area contributed by atoms with Crippen molar-refractivity contribution in [3.8, 4) is 5.75 Å². The second kappa shape index (κ2) is 7.20. The number of piperidine rings is 1. The van der Waals surface area contributed by atoms with Gasteiger partial charge in [-0.25, -0.2) is 4.79 Å². The van der Waals surface area contributed by atoms with Gasteiger partial charge in [-0.3, -0.25) is 0 Å². The highest BCUT2D eigenvalue weighted by molar-refractivity contribution is 6.30. The minimum absolute atomic E-state index is 0.129. The quantitative estimate of drug-likeness (QED) is 0.840. The number of hydrogen-bond donors (Lipinski definition) is 0. The summed E-state index contributed by atoms with van der Waals surface area (Å²) in [5.41, 5.74) is 0. The normalized spacial score (nSPS) is 20.0. The molecule has 6 heteroatoms. The van der Waals surface area contributed by atoms with Crippen LogP contribution in [-0.2, 0) is 4.74 Å². The summed E-state index contributed by atoms with van der Waals surface area (Å²) in [6.07, 6.45) is 1.85. The minimum Gasteiger partial charge on any atom is -0.490 e. The molecule has 120 valence electrons. The summed E-state index contributed by atoms with van der Waals surface area (Å²) in [6, 6.07) is 7.58. The number of urea groups is 1. The fraction of sp³-hybridized carbons (Fsp3) is 0.562. The van der Waals surface area contributed by atoms with Crippen LogP contribution in [0.3, 0.4) is 0 Å². The maximum Gasteiger partial charge on any atom is 0.320 e. The number of rotatable bonds is 2. The van der Waals surface area contributed by atoms with Crippen LogP contribution in [0.4, 0.5) is 4.79 Å². The molecule has 0 aromatic heterocycles. The number of halogens is 1. The van der Waals surface area contributed by atoms with E-state index in [0.717, 1.165) is 31.7 Å². The number of benzene rings is 1. The molecule has 2 amide bonds. The van der Waals surface area contributed by atoms with E-state index in [1.807, 2.05) is 34.1 Å². The van der Waals surface area contributed by atoms with E-state index >= 15 is 0 Å². The number of carbonyl (C=O) groups excluding carboxylic acids is 1. The lowest BCUT2D eigenvalue weighted by Crippen LogP contribution is -2.51. The van der Waals surface area contributed by atoms with Gasteiger partial charge in [0.15, 0.2) is 0 Å². The first-order valence-electron chi connectivity index (χ1n) is 7.76. The van der Waals surface area contributed by atoms with Crippen molar-refractivity contribution < 1.29 is 14.3 Å². The lowest BCUT2D eigenvalue weighted by molar-refractivity contribution is 0.0360. The Kier molecular flexibility index (Phi) is 5.05. The molecule has 0 N–H and O–H groups in total. The summed E-state index contributed by atoms with van der Waals surface area (Å²) >= 11 is 5.96. The molecule has 0 aliphatic carbocycles. The molecule has 2 heterocycles. The van der Waals surface area contributed by atoms with E-state index in [1.54, 1.807) is 0 Å². The van der Waals surface area contributed by atoms with Crippen molar-refractivity contribution in [1.29, 1.82) is 0 Å². The predicted molar refractivity (Wildman–Crippen MR) is 84.5 cm³/mol. The van der Waals surface area contributed by atoms with E-state index in [9.17, 15) is 4.79 Å². The van der Waals surface area contributed by atoms with Gasteiger partial charge in [-0.1, -0.05) is 17.7 Å². The number of hydrogen-bond acceptors (Lipinski definition) is 3. The Morgan fingerprint density at radius 2 is 1.82 bits per heavy atom. The van der Waals surface area contributed by atoms with Gasteiger partial charge in [0.05, 0.1) is 13.2 Å². The molecule has 2 saturated heterocycles. The highest BCUT2D eigenvalue weighted by Crippen LogP contribution is 2.22. The Morgan fingerprint density at radius 1 is 1.14 bits per heavy atom. The molecular weight excluding hydrogens is 304 g/mol. The van der Waals surface area contributed by atoms with Crippen LogP contribution in [0.25, 0.3) is 0 Å². The average molecular weight is 325 g/mol. The molecule has 0 radical (unpaired) electrons. The molecule has 5 nitrogen and oxygen atoms in total. The van der Waals surface area contributed by atoms with Crippen molar-refractivity contribution in [3.05, 3.63) is 29.3 Å². The van der Waals surface area contributed by atoms with Crippen molar-refractivity contribution in [2.75, 3.05) is 39.4 Å². The topological polar surface area (TPSA) is 42.0 Å². The third-order valence-electron chi connectivity index (χ3n) is 4.09. The van der Waals surface area contributed by atoms with Gasteiger partial charge in [0.1, 0.15) is 11.9 Å². The number of nitrogens with zero attached hydrogens (tertiary/aromatic N) is 2. The van der Waals surface area contributed by atoms with E-state index in [-0.39, 0.29) is 12.1 Å². The number of morpholine rings is 1. The number of amides is 2. The van der Waals surface area contributed by atoms with Gasteiger partial charge in [0, 0.05) is 44.0 Å². The van der Waals surface area contributed by atoms with Crippen LogP contribution >= 0.6 is 11.6 Å². The summed E-state index contributed by atoms with van der Waals surface area (Å²) in [4.78, 5) is 16.2. The van der Waals surface area contributed by atoms with Gasteiger partial charge < -0.3 is 19.3 Å². The summed E-state index contributed by atoms with van der Waals surface area (Å²) < 4.78 is 11.2. The first-order valence-corrected chi connectivity index (χ1v) is 8.14. The van der Waals surface area contributed by atoms with Gasteiger partial charge in [-0.15, -0.1) is 0 Å². The van der Waals surface area contributed by atoms with Gasteiger partial charge in [0.2, 0.25) is 0 Å². The van der Waals surface area contributed by atoms with Gasteiger partial charge in [-0.2, -0.15) is 0 Å². The summed E-state index contributed by atoms with van der Waals surface area (Å²) in [5, 5.41) is 0.678. The summed E-state index contributed by atoms with van der Waals surface area (Å²) in [6.45, 7) is 4.14. The van der Waals surface area contributed by atoms with Crippen molar-refractivity contribution in [1.82, 2.24) is 9.80 Å². The molecule has 0 unspecified atom stereocenters. The lowest BCUT2D eigenvalue weighted by atomic mass is 10.1. The standard InChI is InChI=1S/C16H21ClN2O3/c17-13-2-1-3-15(12-13)22-14-4-6-18(7-5-14)16(20)19-8-10-21-11-9-19/h1-3,12,14H,4-11H2. The number of ether oxygens (including phenoxy) is 2. The van der Waals surface area contributed by atoms with Crippen molar-refractivity contribution in [2.24, 2.45) is 0 Å². The van der Waals surface area contributed by atoms with E-state index < -0.39 is 0 Å². The molecule has 22 heavy (non-hydrogen) atoms. The van der Waals surface area contributed by atoms with Crippen LogP contribution in [0.2, 0.25) is 5.02 Å². The zero-order valence-electron chi connectivity index (χ0n) is 12.5. The monoisotopic (exact) mass is 324 g/mol. The van der Waals surface area contributed by atoms with E-state index in [0.29, 0.717) is 31.3 Å². The predicted octanol–water partition coefficient (Wildman–Crippen LogP) is 2.64. The molecule has 2 aliphatic rings. The Hall–Kier alpha value is -1.46. The Bertz CT molecular complexity index is 512. The van der Waals surface area contributed by atoms with E-state index in [2.05, 4.69) is 0 Å². The molecule has 3 rings (SSSR count). The molecular formula is C16H21ClN2O3. The Morgan fingerprint density at radius 3 is 2.50 bits per heavy atom. The van der Waals surface area contributed by atoms with Crippen LogP contribution in [-0.4, -0.2) is 61.3 Å². The average Bonchev–Trinajstić information content (AvgIpc) is 2.56. The van der Waals surface area contributed by atoms with Gasteiger partial charge >= 0.3 is 6.03 Å². The highest BCUT2D eigenvalue weighted by Gasteiger charge is 2.27. The maximum atomic E-state index is 12.4. The third kappa shape index (κ3) is 3.84. The second-order valence-electron chi connectivity index (χ2n) is 5.64. The molecule has 1 aromatic rings. The SMILES string of the molecule is O=C(N1CCOCC1)N1CCC(Oc2cccc(Cl)c2)CC1. The van der Waals surface area contributed by atoms with Crippen LogP contribution in [0.1, 0.15) is 12.8 Å². The number of likely N-dealkylation sites (tertiary alicyclic amines) is 1. The van der Waals surface area contributed by atoms with Gasteiger partial charge in [-0.05, 0) is 18.2 Å². The van der Waals surface area contributed by atoms with Crippen LogP contribution in [0, 0.1) is 0 Å². The van der Waals surface area contributed by atoms with Crippen LogP contribution in [0.15, 0.2) is 24.3 Å². The van der Waals surface area contributed by atoms with Crippen LogP contribution in [0.5, 0.6) is 5.75 Å². The summed E-state index contributed by atoms with van der Waals surface area (Å²) in [7, 11) is 0. The Labute approximate surface area is 135 Å². The highest BCUT2D eigenvalue weighted by atomic mass is 35.5. The maximum absolute atomic E-state index is 12.4. The minimum atomic E-state index is 0.129. The molecule has 0 bridgehead atoms. The first-order chi connectivity index (χ1) is 10.7. The van der Waals surface area contributed by atoms with E-state index in [4.69, 9.17) is 21.1 Å². The van der Waals surface area contributed by atoms with Crippen molar-refractivity contribution in [3.63, 3.8) is 0 Å². The largest absolute Gasteiger partial charge is 0.490 e.